The number of allylic oxidation sites excluding steroid dienone is 5. The normalized spacial score (nSPS) is 40.0. The highest BCUT2D eigenvalue weighted by atomic mass is 16.3. The maximum Gasteiger partial charge on any atom is 0.0578 e. The van der Waals surface area contributed by atoms with Crippen molar-refractivity contribution in [2.75, 3.05) is 0 Å². The third kappa shape index (κ3) is 3.58. The van der Waals surface area contributed by atoms with Gasteiger partial charge in [0.1, 0.15) is 0 Å². The molecule has 0 aliphatic heterocycles. The van der Waals surface area contributed by atoms with Gasteiger partial charge in [-0.3, -0.25) is 0 Å². The van der Waals surface area contributed by atoms with Gasteiger partial charge in [0.05, 0.1) is 6.10 Å². The Morgan fingerprint density at radius 1 is 1.07 bits per heavy atom. The molecule has 0 aromatic carbocycles. The highest BCUT2D eigenvalue weighted by Crippen LogP contribution is 2.64. The van der Waals surface area contributed by atoms with Crippen LogP contribution in [0.4, 0.5) is 0 Å². The highest BCUT2D eigenvalue weighted by Gasteiger charge is 2.54. The summed E-state index contributed by atoms with van der Waals surface area (Å²) in [6.07, 6.45) is 18.5. The van der Waals surface area contributed by atoms with Gasteiger partial charge in [-0.2, -0.15) is 0 Å². The second-order valence-corrected chi connectivity index (χ2v) is 12.1. The molecule has 1 N–H and O–H groups in total. The average Bonchev–Trinajstić information content (AvgIpc) is 3.06. The number of fused-ring (bicyclic) bond motifs is 5. The van der Waals surface area contributed by atoms with E-state index in [1.54, 1.807) is 11.1 Å². The Morgan fingerprint density at radius 3 is 2.53 bits per heavy atom. The van der Waals surface area contributed by atoms with E-state index in [9.17, 15) is 5.11 Å². The van der Waals surface area contributed by atoms with Gasteiger partial charge in [-0.1, -0.05) is 78.2 Å². The van der Waals surface area contributed by atoms with Crippen LogP contribution in [-0.4, -0.2) is 11.2 Å². The smallest absolute Gasteiger partial charge is 0.0578 e. The molecule has 0 aromatic rings. The zero-order valence-corrected chi connectivity index (χ0v) is 20.5. The van der Waals surface area contributed by atoms with Crippen LogP contribution in [0.1, 0.15) is 99.3 Å². The number of rotatable bonds is 6. The predicted octanol–water partition coefficient (Wildman–Crippen LogP) is 7.87. The molecule has 0 spiro atoms. The first-order valence-electron chi connectivity index (χ1n) is 13.0. The molecule has 0 unspecified atom stereocenters. The van der Waals surface area contributed by atoms with Gasteiger partial charge in [0, 0.05) is 5.41 Å². The Hall–Kier alpha value is -0.820. The number of aliphatic hydroxyl groups is 1. The van der Waals surface area contributed by atoms with Crippen molar-refractivity contribution < 1.29 is 5.11 Å². The number of hydrogen-bond donors (Lipinski definition) is 1. The average molecular weight is 411 g/mol. The van der Waals surface area contributed by atoms with Crippen LogP contribution in [0.2, 0.25) is 0 Å². The molecule has 0 saturated heterocycles. The predicted molar refractivity (Wildman–Crippen MR) is 128 cm³/mol. The summed E-state index contributed by atoms with van der Waals surface area (Å²) in [6, 6.07) is 0. The second kappa shape index (κ2) is 8.27. The maximum absolute atomic E-state index is 10.2. The lowest BCUT2D eigenvalue weighted by atomic mass is 9.54. The van der Waals surface area contributed by atoms with Crippen molar-refractivity contribution in [1.29, 1.82) is 0 Å². The molecule has 2 saturated carbocycles. The molecule has 0 aromatic heterocycles. The summed E-state index contributed by atoms with van der Waals surface area (Å²) in [4.78, 5) is 0. The number of aliphatic hydroxyl groups excluding tert-OH is 1. The summed E-state index contributed by atoms with van der Waals surface area (Å²) in [7, 11) is 0. The van der Waals surface area contributed by atoms with Crippen LogP contribution in [0.5, 0.6) is 0 Å². The van der Waals surface area contributed by atoms with E-state index in [-0.39, 0.29) is 11.5 Å². The summed E-state index contributed by atoms with van der Waals surface area (Å²) in [5.41, 5.74) is 5.38. The summed E-state index contributed by atoms with van der Waals surface area (Å²) in [5, 5.41) is 10.2. The lowest BCUT2D eigenvalue weighted by Crippen LogP contribution is -2.41. The standard InChI is InChI=1S/C29H46O/c1-7-21(19(2)3)9-8-20(4)25-12-13-26-24-11-10-22-18-23(30)14-16-28(22,5)27(24)15-17-29(25,26)6/h10-11,15,19-21,23,25-26,30H,7-9,12-14,16-18H2,1-6H3/t20-,21+,23+,25-,26+,28+,29-/m1/s1. The van der Waals surface area contributed by atoms with Gasteiger partial charge < -0.3 is 5.11 Å². The molecule has 2 fully saturated rings. The Bertz CT molecular complexity index is 739. The first-order chi connectivity index (χ1) is 14.2. The van der Waals surface area contributed by atoms with Crippen LogP contribution >= 0.6 is 0 Å². The van der Waals surface area contributed by atoms with Gasteiger partial charge in [-0.15, -0.1) is 0 Å². The van der Waals surface area contributed by atoms with Crippen molar-refractivity contribution in [3.8, 4) is 0 Å². The van der Waals surface area contributed by atoms with Crippen LogP contribution in [0.3, 0.4) is 0 Å². The Morgan fingerprint density at radius 2 is 1.83 bits per heavy atom. The first-order valence-corrected chi connectivity index (χ1v) is 13.0. The van der Waals surface area contributed by atoms with E-state index in [0.717, 1.165) is 48.9 Å². The molecular formula is C29H46O. The molecule has 7 atom stereocenters. The lowest BCUT2D eigenvalue weighted by Gasteiger charge is -2.50. The van der Waals surface area contributed by atoms with Crippen LogP contribution in [0, 0.1) is 40.4 Å². The zero-order valence-electron chi connectivity index (χ0n) is 20.5. The molecular weight excluding hydrogens is 364 g/mol. The molecule has 1 heteroatoms. The van der Waals surface area contributed by atoms with E-state index in [1.807, 2.05) is 0 Å². The topological polar surface area (TPSA) is 20.2 Å². The van der Waals surface area contributed by atoms with Gasteiger partial charge in [0.15, 0.2) is 0 Å². The molecule has 1 nitrogen and oxygen atoms in total. The zero-order chi connectivity index (χ0) is 21.7. The third-order valence-electron chi connectivity index (χ3n) is 10.2. The van der Waals surface area contributed by atoms with Crippen molar-refractivity contribution in [1.82, 2.24) is 0 Å². The van der Waals surface area contributed by atoms with Gasteiger partial charge in [0.25, 0.3) is 0 Å². The quantitative estimate of drug-likeness (QED) is 0.472. The lowest BCUT2D eigenvalue weighted by molar-refractivity contribution is 0.105. The van der Waals surface area contributed by atoms with Crippen molar-refractivity contribution in [3.05, 3.63) is 34.9 Å². The summed E-state index contributed by atoms with van der Waals surface area (Å²) in [6.45, 7) is 14.8. The van der Waals surface area contributed by atoms with E-state index in [1.165, 1.54) is 44.1 Å². The van der Waals surface area contributed by atoms with E-state index >= 15 is 0 Å². The molecule has 4 aliphatic rings. The minimum absolute atomic E-state index is 0.136. The van der Waals surface area contributed by atoms with Crippen LogP contribution in [0.15, 0.2) is 34.9 Å². The SMILES string of the molecule is CC[C@@H](CC[C@@H](C)[C@H]1CC[C@H]2C3=CC=C4C[C@@H](O)CC[C@]4(C)C3=CC[C@]12C)C(C)C. The van der Waals surface area contributed by atoms with Gasteiger partial charge in [-0.05, 0) is 91.1 Å². The van der Waals surface area contributed by atoms with Crippen LogP contribution < -0.4 is 0 Å². The first kappa shape index (κ1) is 22.4. The monoisotopic (exact) mass is 410 g/mol. The van der Waals surface area contributed by atoms with Crippen LogP contribution in [-0.2, 0) is 0 Å². The Balaban J connectivity index is 1.54. The molecule has 4 aliphatic carbocycles. The van der Waals surface area contributed by atoms with Crippen molar-refractivity contribution in [2.45, 2.75) is 105 Å². The van der Waals surface area contributed by atoms with Crippen molar-refractivity contribution in [3.63, 3.8) is 0 Å². The van der Waals surface area contributed by atoms with E-state index in [2.05, 4.69) is 59.8 Å². The van der Waals surface area contributed by atoms with Crippen molar-refractivity contribution >= 4 is 0 Å². The molecule has 0 heterocycles. The fourth-order valence-corrected chi connectivity index (χ4v) is 8.01. The Kier molecular flexibility index (Phi) is 6.17. The summed E-state index contributed by atoms with van der Waals surface area (Å²) >= 11 is 0. The fraction of sp³-hybridized carbons (Fsp3) is 0.793. The molecule has 0 amide bonds. The fourth-order valence-electron chi connectivity index (χ4n) is 8.01. The summed E-state index contributed by atoms with van der Waals surface area (Å²) < 4.78 is 0. The minimum Gasteiger partial charge on any atom is -0.393 e. The third-order valence-corrected chi connectivity index (χ3v) is 10.2. The van der Waals surface area contributed by atoms with Gasteiger partial charge in [0.2, 0.25) is 0 Å². The van der Waals surface area contributed by atoms with Gasteiger partial charge >= 0.3 is 0 Å². The molecule has 30 heavy (non-hydrogen) atoms. The van der Waals surface area contributed by atoms with E-state index < -0.39 is 0 Å². The molecule has 168 valence electrons. The van der Waals surface area contributed by atoms with Crippen LogP contribution in [0.25, 0.3) is 0 Å². The van der Waals surface area contributed by atoms with Crippen molar-refractivity contribution in [2.24, 2.45) is 40.4 Å². The molecule has 0 radical (unpaired) electrons. The summed E-state index contributed by atoms with van der Waals surface area (Å²) in [5.74, 6) is 4.13. The number of hydrogen-bond acceptors (Lipinski definition) is 1. The van der Waals surface area contributed by atoms with E-state index in [4.69, 9.17) is 0 Å². The molecule has 4 rings (SSSR count). The minimum atomic E-state index is -0.136. The second-order valence-electron chi connectivity index (χ2n) is 12.1. The largest absolute Gasteiger partial charge is 0.393 e. The highest BCUT2D eigenvalue weighted by molar-refractivity contribution is 5.53. The molecule has 0 bridgehead atoms. The van der Waals surface area contributed by atoms with E-state index in [0.29, 0.717) is 5.41 Å². The van der Waals surface area contributed by atoms with Gasteiger partial charge in [-0.25, -0.2) is 0 Å². The maximum atomic E-state index is 10.2. The Labute approximate surface area is 186 Å².